The van der Waals surface area contributed by atoms with E-state index in [1.54, 1.807) is 50.4 Å². The number of hydrogen-bond acceptors (Lipinski definition) is 6. The molecule has 0 spiro atoms. The predicted molar refractivity (Wildman–Crippen MR) is 130 cm³/mol. The van der Waals surface area contributed by atoms with Gasteiger partial charge < -0.3 is 14.8 Å². The number of sulfonamides is 1. The fraction of sp³-hybridized carbons (Fsp3) is 0.269. The van der Waals surface area contributed by atoms with E-state index in [2.05, 4.69) is 5.32 Å². The second-order valence-electron chi connectivity index (χ2n) is 8.08. The minimum atomic E-state index is -3.98. The number of nitrogens with one attached hydrogen (secondary N) is 1. The largest absolute Gasteiger partial charge is 0.497 e. The van der Waals surface area contributed by atoms with Gasteiger partial charge in [-0.2, -0.15) is 4.31 Å². The van der Waals surface area contributed by atoms with Crippen LogP contribution in [0.2, 0.25) is 0 Å². The number of esters is 1. The third kappa shape index (κ3) is 4.64. The number of rotatable bonds is 8. The lowest BCUT2D eigenvalue weighted by atomic mass is 10.0. The zero-order valence-electron chi connectivity index (χ0n) is 19.4. The second kappa shape index (κ2) is 9.87. The van der Waals surface area contributed by atoms with Gasteiger partial charge in [0.2, 0.25) is 10.0 Å². The molecule has 3 aromatic carbocycles. The van der Waals surface area contributed by atoms with Crippen LogP contribution in [0.3, 0.4) is 0 Å². The first kappa shape index (κ1) is 23.8. The molecule has 3 aromatic rings. The highest BCUT2D eigenvalue weighted by atomic mass is 32.2. The molecule has 7 nitrogen and oxygen atoms in total. The van der Waals surface area contributed by atoms with Crippen molar-refractivity contribution in [3.8, 4) is 5.75 Å². The number of methoxy groups -OCH3 is 1. The molecular weight excluding hydrogens is 452 g/mol. The fourth-order valence-electron chi connectivity index (χ4n) is 4.22. The number of anilines is 1. The number of ether oxygens (including phenoxy) is 2. The Balaban J connectivity index is 1.81. The van der Waals surface area contributed by atoms with Gasteiger partial charge in [-0.1, -0.05) is 42.0 Å². The van der Waals surface area contributed by atoms with Crippen molar-refractivity contribution < 1.29 is 22.7 Å². The van der Waals surface area contributed by atoms with Gasteiger partial charge in [-0.15, -0.1) is 0 Å². The molecule has 1 aliphatic rings. The number of fused-ring (bicyclic) bond motifs is 1. The fourth-order valence-corrected chi connectivity index (χ4v) is 5.91. The van der Waals surface area contributed by atoms with Crippen molar-refractivity contribution in [3.05, 3.63) is 89.5 Å². The Morgan fingerprint density at radius 3 is 2.24 bits per heavy atom. The maximum absolute atomic E-state index is 14.0. The number of hydrogen-bond donors (Lipinski definition) is 1. The van der Waals surface area contributed by atoms with Crippen molar-refractivity contribution in [3.63, 3.8) is 0 Å². The van der Waals surface area contributed by atoms with E-state index in [9.17, 15) is 13.2 Å². The van der Waals surface area contributed by atoms with Crippen molar-refractivity contribution in [2.24, 2.45) is 0 Å². The summed E-state index contributed by atoms with van der Waals surface area (Å²) in [4.78, 5) is 12.7. The average Bonchev–Trinajstić information content (AvgIpc) is 3.13. The zero-order chi connectivity index (χ0) is 24.3. The highest BCUT2D eigenvalue weighted by Crippen LogP contribution is 2.47. The van der Waals surface area contributed by atoms with Crippen LogP contribution in [0.25, 0.3) is 0 Å². The van der Waals surface area contributed by atoms with E-state index in [1.807, 2.05) is 43.3 Å². The molecule has 0 fully saturated rings. The zero-order valence-corrected chi connectivity index (χ0v) is 20.2. The van der Waals surface area contributed by atoms with Crippen LogP contribution in [0, 0.1) is 6.92 Å². The van der Waals surface area contributed by atoms with Crippen LogP contribution >= 0.6 is 0 Å². The Labute approximate surface area is 200 Å². The van der Waals surface area contributed by atoms with Gasteiger partial charge in [-0.05, 0) is 61.4 Å². The minimum absolute atomic E-state index is 0.0866. The van der Waals surface area contributed by atoms with Gasteiger partial charge in [-0.3, -0.25) is 4.79 Å². The topological polar surface area (TPSA) is 84.9 Å². The predicted octanol–water partition coefficient (Wildman–Crippen LogP) is 4.81. The third-order valence-corrected chi connectivity index (χ3v) is 7.75. The van der Waals surface area contributed by atoms with Gasteiger partial charge >= 0.3 is 5.97 Å². The summed E-state index contributed by atoms with van der Waals surface area (Å²) in [5, 5.41) is 3.36. The molecule has 0 saturated heterocycles. The van der Waals surface area contributed by atoms with Crippen LogP contribution in [0.15, 0.2) is 77.7 Å². The normalized spacial score (nSPS) is 17.7. The van der Waals surface area contributed by atoms with Crippen molar-refractivity contribution in [1.29, 1.82) is 0 Å². The van der Waals surface area contributed by atoms with Gasteiger partial charge in [-0.25, -0.2) is 8.42 Å². The van der Waals surface area contributed by atoms with Crippen LogP contribution in [-0.4, -0.2) is 32.4 Å². The minimum Gasteiger partial charge on any atom is -0.497 e. The molecule has 178 valence electrons. The summed E-state index contributed by atoms with van der Waals surface area (Å²) >= 11 is 0. The lowest BCUT2D eigenvalue weighted by molar-refractivity contribution is -0.144. The molecule has 4 rings (SSSR count). The van der Waals surface area contributed by atoms with E-state index in [0.717, 1.165) is 22.4 Å². The summed E-state index contributed by atoms with van der Waals surface area (Å²) in [5.74, 6) is 0.248. The van der Waals surface area contributed by atoms with E-state index in [0.29, 0.717) is 5.75 Å². The maximum Gasteiger partial charge on any atom is 0.307 e. The van der Waals surface area contributed by atoms with Crippen molar-refractivity contribution in [2.45, 2.75) is 37.4 Å². The molecule has 1 aliphatic heterocycles. The van der Waals surface area contributed by atoms with Crippen LogP contribution in [0.4, 0.5) is 5.69 Å². The molecule has 1 heterocycles. The molecule has 0 bridgehead atoms. The Bertz CT molecular complexity index is 1260. The van der Waals surface area contributed by atoms with E-state index in [1.165, 1.54) is 4.31 Å². The van der Waals surface area contributed by atoms with Gasteiger partial charge in [0.1, 0.15) is 11.9 Å². The summed E-state index contributed by atoms with van der Waals surface area (Å²) in [6.07, 6.45) is -0.799. The average molecular weight is 481 g/mol. The summed E-state index contributed by atoms with van der Waals surface area (Å²) in [7, 11) is -2.39. The molecule has 0 saturated carbocycles. The summed E-state index contributed by atoms with van der Waals surface area (Å²) in [6.45, 7) is 3.86. The van der Waals surface area contributed by atoms with E-state index in [-0.39, 0.29) is 17.9 Å². The molecule has 8 heteroatoms. The first-order valence-electron chi connectivity index (χ1n) is 11.1. The lowest BCUT2D eigenvalue weighted by Gasteiger charge is -2.30. The van der Waals surface area contributed by atoms with Gasteiger partial charge in [0.25, 0.3) is 0 Å². The number of aryl methyl sites for hydroxylation is 1. The lowest BCUT2D eigenvalue weighted by Crippen LogP contribution is -2.37. The molecule has 0 aromatic heterocycles. The summed E-state index contributed by atoms with van der Waals surface area (Å²) in [5.41, 5.74) is 3.25. The Hall–Kier alpha value is -3.36. The standard InChI is InChI=1S/C26H28N2O5S/c1-4-33-25(29)17-24-22-7-5-6-8-23(22)26(27-19-11-13-20(32-3)14-12-19)28(24)34(30,31)21-15-9-18(2)10-16-21/h5-16,24,26-27H,4,17H2,1-3H3/t24-,26-/m1/s1. The van der Waals surface area contributed by atoms with Crippen LogP contribution in [0.1, 0.15) is 42.2 Å². The maximum atomic E-state index is 14.0. The molecule has 1 N–H and O–H groups in total. The number of benzene rings is 3. The highest BCUT2D eigenvalue weighted by molar-refractivity contribution is 7.89. The first-order valence-corrected chi connectivity index (χ1v) is 12.5. The van der Waals surface area contributed by atoms with Crippen LogP contribution in [-0.2, 0) is 19.6 Å². The van der Waals surface area contributed by atoms with Crippen molar-refractivity contribution >= 4 is 21.7 Å². The molecular formula is C26H28N2O5S. The van der Waals surface area contributed by atoms with E-state index < -0.39 is 28.2 Å². The smallest absolute Gasteiger partial charge is 0.307 e. The van der Waals surface area contributed by atoms with Crippen LogP contribution < -0.4 is 10.1 Å². The number of carbonyl (C=O) groups excluding carboxylic acids is 1. The SMILES string of the molecule is CCOC(=O)C[C@@H]1c2ccccc2[C@H](Nc2ccc(OC)cc2)N1S(=O)(=O)c1ccc(C)cc1. The number of carbonyl (C=O) groups is 1. The van der Waals surface area contributed by atoms with E-state index in [4.69, 9.17) is 9.47 Å². The Kier molecular flexibility index (Phi) is 6.90. The van der Waals surface area contributed by atoms with Gasteiger partial charge in [0.05, 0.1) is 31.1 Å². The van der Waals surface area contributed by atoms with E-state index >= 15 is 0 Å². The molecule has 0 amide bonds. The monoisotopic (exact) mass is 480 g/mol. The van der Waals surface area contributed by atoms with Gasteiger partial charge in [0.15, 0.2) is 0 Å². The van der Waals surface area contributed by atoms with Crippen molar-refractivity contribution in [1.82, 2.24) is 4.31 Å². The van der Waals surface area contributed by atoms with Crippen molar-refractivity contribution in [2.75, 3.05) is 19.0 Å². The quantitative estimate of drug-likeness (QED) is 0.466. The highest BCUT2D eigenvalue weighted by Gasteiger charge is 2.46. The molecule has 0 aliphatic carbocycles. The Morgan fingerprint density at radius 2 is 1.62 bits per heavy atom. The van der Waals surface area contributed by atoms with Crippen LogP contribution in [0.5, 0.6) is 5.75 Å². The molecule has 34 heavy (non-hydrogen) atoms. The molecule has 2 atom stereocenters. The molecule has 0 radical (unpaired) electrons. The number of nitrogens with zero attached hydrogens (tertiary/aromatic N) is 1. The second-order valence-corrected chi connectivity index (χ2v) is 9.92. The third-order valence-electron chi connectivity index (χ3n) is 5.87. The molecule has 0 unspecified atom stereocenters. The summed E-state index contributed by atoms with van der Waals surface area (Å²) in [6, 6.07) is 20.8. The first-order chi connectivity index (χ1) is 16.3. The Morgan fingerprint density at radius 1 is 0.971 bits per heavy atom. The van der Waals surface area contributed by atoms with Gasteiger partial charge in [0, 0.05) is 5.69 Å². The summed E-state index contributed by atoms with van der Waals surface area (Å²) < 4.78 is 39.8.